The molecule has 3 atom stereocenters. The van der Waals surface area contributed by atoms with Gasteiger partial charge >= 0.3 is 5.97 Å². The minimum absolute atomic E-state index is 0.104. The normalized spacial score (nSPS) is 38.8. The molecular weight excluding hydrogens is 180 g/mol. The molecule has 3 heteroatoms. The van der Waals surface area contributed by atoms with Crippen LogP contribution in [0, 0.1) is 17.3 Å². The standard InChI is InChI=1S/C11H16O3/c1-6(12)14-10-5-8-7(4-9(10)13)11(8,2)3/h7-8,10H,4-5H2,1-3H3/t7-,8+,10+/m0/s1. The molecule has 2 saturated carbocycles. The summed E-state index contributed by atoms with van der Waals surface area (Å²) in [5.74, 6) is 0.860. The van der Waals surface area contributed by atoms with E-state index in [9.17, 15) is 9.59 Å². The topological polar surface area (TPSA) is 43.4 Å². The molecule has 14 heavy (non-hydrogen) atoms. The van der Waals surface area contributed by atoms with Crippen molar-refractivity contribution < 1.29 is 14.3 Å². The monoisotopic (exact) mass is 196 g/mol. The summed E-state index contributed by atoms with van der Waals surface area (Å²) < 4.78 is 5.01. The van der Waals surface area contributed by atoms with Crippen LogP contribution >= 0.6 is 0 Å². The van der Waals surface area contributed by atoms with Crippen molar-refractivity contribution in [1.29, 1.82) is 0 Å². The minimum atomic E-state index is -0.462. The first-order valence-corrected chi connectivity index (χ1v) is 5.13. The van der Waals surface area contributed by atoms with Gasteiger partial charge in [-0.1, -0.05) is 13.8 Å². The summed E-state index contributed by atoms with van der Waals surface area (Å²) in [4.78, 5) is 22.3. The molecule has 2 aliphatic rings. The second-order valence-corrected chi connectivity index (χ2v) is 5.04. The summed E-state index contributed by atoms with van der Waals surface area (Å²) in [6.07, 6.45) is 0.863. The van der Waals surface area contributed by atoms with Crippen LogP contribution in [0.1, 0.15) is 33.6 Å². The molecule has 0 aromatic rings. The van der Waals surface area contributed by atoms with Gasteiger partial charge in [0.2, 0.25) is 0 Å². The van der Waals surface area contributed by atoms with Crippen molar-refractivity contribution in [3.63, 3.8) is 0 Å². The highest BCUT2D eigenvalue weighted by Crippen LogP contribution is 2.64. The zero-order valence-corrected chi connectivity index (χ0v) is 8.87. The van der Waals surface area contributed by atoms with Crippen molar-refractivity contribution in [3.8, 4) is 0 Å². The minimum Gasteiger partial charge on any atom is -0.455 e. The highest BCUT2D eigenvalue weighted by Gasteiger charge is 2.61. The molecule has 0 bridgehead atoms. The maximum atomic E-state index is 11.6. The Labute approximate surface area is 83.8 Å². The third-order valence-corrected chi connectivity index (χ3v) is 3.84. The van der Waals surface area contributed by atoms with Gasteiger partial charge in [0, 0.05) is 13.3 Å². The van der Waals surface area contributed by atoms with Gasteiger partial charge in [-0.3, -0.25) is 9.59 Å². The lowest BCUT2D eigenvalue weighted by Gasteiger charge is -2.19. The Morgan fingerprint density at radius 2 is 2.07 bits per heavy atom. The molecule has 0 aromatic heterocycles. The Kier molecular flexibility index (Phi) is 1.95. The molecule has 3 nitrogen and oxygen atoms in total. The van der Waals surface area contributed by atoms with Crippen LogP contribution in [0.5, 0.6) is 0 Å². The molecule has 0 radical (unpaired) electrons. The second-order valence-electron chi connectivity index (χ2n) is 5.04. The molecule has 2 aliphatic carbocycles. The summed E-state index contributed by atoms with van der Waals surface area (Å²) in [5, 5.41) is 0. The molecule has 0 spiro atoms. The fourth-order valence-electron chi connectivity index (χ4n) is 2.76. The van der Waals surface area contributed by atoms with Crippen LogP contribution in [0.15, 0.2) is 0 Å². The van der Waals surface area contributed by atoms with E-state index in [2.05, 4.69) is 13.8 Å². The summed E-state index contributed by atoms with van der Waals surface area (Å²) >= 11 is 0. The van der Waals surface area contributed by atoms with Crippen molar-refractivity contribution in [1.82, 2.24) is 0 Å². The number of hydrogen-bond donors (Lipinski definition) is 0. The lowest BCUT2D eigenvalue weighted by atomic mass is 9.96. The fourth-order valence-corrected chi connectivity index (χ4v) is 2.76. The fraction of sp³-hybridized carbons (Fsp3) is 0.818. The average molecular weight is 196 g/mol. The van der Waals surface area contributed by atoms with Gasteiger partial charge in [0.25, 0.3) is 0 Å². The van der Waals surface area contributed by atoms with E-state index < -0.39 is 6.10 Å². The van der Waals surface area contributed by atoms with Gasteiger partial charge in [0.05, 0.1) is 0 Å². The Bertz CT molecular complexity index is 293. The highest BCUT2D eigenvalue weighted by atomic mass is 16.5. The van der Waals surface area contributed by atoms with E-state index in [0.29, 0.717) is 18.3 Å². The largest absolute Gasteiger partial charge is 0.455 e. The number of Topliss-reactive ketones (excluding diaryl/α,β-unsaturated/α-hetero) is 1. The molecule has 2 rings (SSSR count). The number of carbonyl (C=O) groups excluding carboxylic acids is 2. The van der Waals surface area contributed by atoms with Gasteiger partial charge in [-0.15, -0.1) is 0 Å². The van der Waals surface area contributed by atoms with E-state index in [0.717, 1.165) is 6.42 Å². The lowest BCUT2D eigenvalue weighted by Crippen LogP contribution is -2.30. The van der Waals surface area contributed by atoms with Crippen molar-refractivity contribution in [3.05, 3.63) is 0 Å². The molecule has 2 fully saturated rings. The van der Waals surface area contributed by atoms with E-state index >= 15 is 0 Å². The molecule has 0 aromatic carbocycles. The molecule has 0 N–H and O–H groups in total. The van der Waals surface area contributed by atoms with Crippen molar-refractivity contribution in [2.45, 2.75) is 39.7 Å². The van der Waals surface area contributed by atoms with Gasteiger partial charge in [0.15, 0.2) is 11.9 Å². The van der Waals surface area contributed by atoms with Gasteiger partial charge in [0.1, 0.15) is 0 Å². The third-order valence-electron chi connectivity index (χ3n) is 3.84. The van der Waals surface area contributed by atoms with E-state index in [1.54, 1.807) is 0 Å². The quantitative estimate of drug-likeness (QED) is 0.598. The Morgan fingerprint density at radius 1 is 1.43 bits per heavy atom. The first-order valence-electron chi connectivity index (χ1n) is 5.13. The summed E-state index contributed by atoms with van der Waals surface area (Å²) in [5.41, 5.74) is 0.282. The maximum Gasteiger partial charge on any atom is 0.303 e. The number of fused-ring (bicyclic) bond motifs is 1. The number of rotatable bonds is 1. The number of esters is 1. The van der Waals surface area contributed by atoms with Crippen LogP contribution in [0.25, 0.3) is 0 Å². The Morgan fingerprint density at radius 3 is 2.64 bits per heavy atom. The van der Waals surface area contributed by atoms with Gasteiger partial charge in [-0.2, -0.15) is 0 Å². The third kappa shape index (κ3) is 1.35. The van der Waals surface area contributed by atoms with Crippen LogP contribution in [0.4, 0.5) is 0 Å². The zero-order chi connectivity index (χ0) is 10.5. The Balaban J connectivity index is 2.03. The van der Waals surface area contributed by atoms with Crippen LogP contribution in [0.3, 0.4) is 0 Å². The maximum absolute atomic E-state index is 11.6. The van der Waals surface area contributed by atoms with E-state index in [1.807, 2.05) is 0 Å². The molecule has 0 amide bonds. The molecular formula is C11H16O3. The molecule has 0 aliphatic heterocycles. The van der Waals surface area contributed by atoms with E-state index in [1.165, 1.54) is 6.92 Å². The van der Waals surface area contributed by atoms with Crippen LogP contribution < -0.4 is 0 Å². The molecule has 0 heterocycles. The SMILES string of the molecule is CC(=O)O[C@@H]1C[C@@H]2[C@H](CC1=O)C2(C)C. The zero-order valence-electron chi connectivity index (χ0n) is 8.87. The molecule has 0 unspecified atom stereocenters. The predicted octanol–water partition coefficient (Wildman–Crippen LogP) is 1.55. The summed E-state index contributed by atoms with van der Waals surface area (Å²) in [6, 6.07) is 0. The smallest absolute Gasteiger partial charge is 0.303 e. The van der Waals surface area contributed by atoms with E-state index in [4.69, 9.17) is 4.74 Å². The van der Waals surface area contributed by atoms with Crippen LogP contribution in [0.2, 0.25) is 0 Å². The first kappa shape index (κ1) is 9.69. The Hall–Kier alpha value is -0.860. The van der Waals surface area contributed by atoms with Gasteiger partial charge in [-0.25, -0.2) is 0 Å². The van der Waals surface area contributed by atoms with Crippen molar-refractivity contribution >= 4 is 11.8 Å². The number of ketones is 1. The predicted molar refractivity (Wildman–Crippen MR) is 50.6 cm³/mol. The summed E-state index contributed by atoms with van der Waals surface area (Å²) in [6.45, 7) is 5.73. The average Bonchev–Trinajstić information content (AvgIpc) is 2.54. The van der Waals surface area contributed by atoms with Gasteiger partial charge in [-0.05, 0) is 23.7 Å². The summed E-state index contributed by atoms with van der Waals surface area (Å²) in [7, 11) is 0. The lowest BCUT2D eigenvalue weighted by molar-refractivity contribution is -0.154. The number of carbonyl (C=O) groups is 2. The van der Waals surface area contributed by atoms with Crippen molar-refractivity contribution in [2.24, 2.45) is 17.3 Å². The van der Waals surface area contributed by atoms with Gasteiger partial charge < -0.3 is 4.74 Å². The second kappa shape index (κ2) is 2.81. The van der Waals surface area contributed by atoms with E-state index in [-0.39, 0.29) is 17.2 Å². The first-order chi connectivity index (χ1) is 6.43. The van der Waals surface area contributed by atoms with Crippen LogP contribution in [-0.4, -0.2) is 17.9 Å². The van der Waals surface area contributed by atoms with Crippen molar-refractivity contribution in [2.75, 3.05) is 0 Å². The number of ether oxygens (including phenoxy) is 1. The molecule has 78 valence electrons. The number of hydrogen-bond acceptors (Lipinski definition) is 3. The van der Waals surface area contributed by atoms with Crippen LogP contribution in [-0.2, 0) is 14.3 Å². The molecule has 0 saturated heterocycles. The highest BCUT2D eigenvalue weighted by molar-refractivity contribution is 5.87.